The molecule has 1 aromatic heterocycles. The summed E-state index contributed by atoms with van der Waals surface area (Å²) in [5, 5.41) is 9.05. The van der Waals surface area contributed by atoms with E-state index in [9.17, 15) is 0 Å². The van der Waals surface area contributed by atoms with Gasteiger partial charge in [-0.25, -0.2) is 9.98 Å². The van der Waals surface area contributed by atoms with E-state index in [-0.39, 0.29) is 0 Å². The second kappa shape index (κ2) is 7.33. The van der Waals surface area contributed by atoms with Crippen molar-refractivity contribution < 1.29 is 0 Å². The molecule has 3 rings (SSSR count). The number of nitrogens with zero attached hydrogens (tertiary/aromatic N) is 4. The molecule has 0 aliphatic heterocycles. The lowest BCUT2D eigenvalue weighted by Gasteiger charge is -2.07. The lowest BCUT2D eigenvalue weighted by molar-refractivity contribution is 1.30. The molecule has 0 unspecified atom stereocenters. The quantitative estimate of drug-likeness (QED) is 0.517. The van der Waals surface area contributed by atoms with Crippen LogP contribution in [0.15, 0.2) is 77.0 Å². The Labute approximate surface area is 146 Å². The molecule has 0 atom stereocenters. The van der Waals surface area contributed by atoms with Crippen LogP contribution < -0.4 is 0 Å². The first-order valence-electron chi connectivity index (χ1n) is 7.78. The lowest BCUT2D eigenvalue weighted by Crippen LogP contribution is -1.96. The fourth-order valence-electron chi connectivity index (χ4n) is 2.53. The number of hydrogen-bond donors (Lipinski definition) is 0. The topological polar surface area (TPSA) is 61.4 Å². The Morgan fingerprint density at radius 3 is 2.60 bits per heavy atom. The average Bonchev–Trinajstić information content (AvgIpc) is 2.67. The Kier molecular flexibility index (Phi) is 4.77. The molecule has 0 radical (unpaired) electrons. The molecule has 2 aromatic carbocycles. The molecule has 0 saturated carbocycles. The number of hydrogen-bond acceptors (Lipinski definition) is 3. The molecule has 1 heterocycles. The van der Waals surface area contributed by atoms with Gasteiger partial charge >= 0.3 is 0 Å². The molecule has 4 heteroatoms. The van der Waals surface area contributed by atoms with Crippen molar-refractivity contribution in [2.75, 3.05) is 0 Å². The van der Waals surface area contributed by atoms with Gasteiger partial charge in [-0.15, -0.1) is 0 Å². The Bertz CT molecular complexity index is 982. The zero-order valence-corrected chi connectivity index (χ0v) is 13.8. The smallest absolute Gasteiger partial charge is 0.160 e. The monoisotopic (exact) mass is 324 g/mol. The average molecular weight is 324 g/mol. The Morgan fingerprint density at radius 1 is 1.08 bits per heavy atom. The van der Waals surface area contributed by atoms with Crippen LogP contribution in [0.3, 0.4) is 0 Å². The molecule has 0 bridgehead atoms. The molecule has 120 valence electrons. The molecule has 25 heavy (non-hydrogen) atoms. The summed E-state index contributed by atoms with van der Waals surface area (Å²) in [6, 6.07) is 19.5. The first kappa shape index (κ1) is 16.3. The van der Waals surface area contributed by atoms with Gasteiger partial charge in [-0.1, -0.05) is 18.2 Å². The highest BCUT2D eigenvalue weighted by molar-refractivity contribution is 6.02. The van der Waals surface area contributed by atoms with Gasteiger partial charge < -0.3 is 0 Å². The third-order valence-electron chi connectivity index (χ3n) is 3.82. The van der Waals surface area contributed by atoms with E-state index in [2.05, 4.69) is 33.8 Å². The number of aromatic nitrogens is 1. The van der Waals surface area contributed by atoms with E-state index >= 15 is 0 Å². The van der Waals surface area contributed by atoms with Crippen molar-refractivity contribution in [1.82, 2.24) is 4.98 Å². The van der Waals surface area contributed by atoms with Crippen LogP contribution in [0.1, 0.15) is 16.7 Å². The van der Waals surface area contributed by atoms with Gasteiger partial charge in [0.2, 0.25) is 0 Å². The number of aryl methyl sites for hydroxylation is 1. The normalized spacial score (nSPS) is 11.0. The number of nitriles is 1. The summed E-state index contributed by atoms with van der Waals surface area (Å²) < 4.78 is 0. The zero-order valence-electron chi connectivity index (χ0n) is 13.8. The summed E-state index contributed by atoms with van der Waals surface area (Å²) >= 11 is 0. The summed E-state index contributed by atoms with van der Waals surface area (Å²) in [5.41, 5.74) is 5.36. The van der Waals surface area contributed by atoms with Crippen LogP contribution in [0.2, 0.25) is 0 Å². The molecule has 0 spiro atoms. The van der Waals surface area contributed by atoms with Crippen LogP contribution in [0.25, 0.3) is 11.1 Å². The molecule has 0 amide bonds. The van der Waals surface area contributed by atoms with Gasteiger partial charge in [0.15, 0.2) is 5.84 Å². The molecule has 0 aliphatic carbocycles. The van der Waals surface area contributed by atoms with Crippen LogP contribution >= 0.6 is 0 Å². The maximum atomic E-state index is 9.05. The van der Waals surface area contributed by atoms with Gasteiger partial charge in [-0.2, -0.15) is 5.26 Å². The van der Waals surface area contributed by atoms with E-state index in [4.69, 9.17) is 5.26 Å². The predicted octanol–water partition coefficient (Wildman–Crippen LogP) is 4.71. The molecular formula is C21H16N4. The van der Waals surface area contributed by atoms with Crippen molar-refractivity contribution in [2.24, 2.45) is 9.98 Å². The van der Waals surface area contributed by atoms with Crippen molar-refractivity contribution in [3.05, 3.63) is 83.7 Å². The SMILES string of the molecule is C=NC(=Nc1ccc(-c2cccc(C#N)c2)cc1C)c1cccnc1. The van der Waals surface area contributed by atoms with Crippen molar-refractivity contribution in [1.29, 1.82) is 5.26 Å². The minimum absolute atomic E-state index is 0.537. The van der Waals surface area contributed by atoms with Crippen molar-refractivity contribution in [2.45, 2.75) is 6.92 Å². The zero-order chi connectivity index (χ0) is 17.6. The molecule has 3 aromatic rings. The highest BCUT2D eigenvalue weighted by atomic mass is 14.9. The van der Waals surface area contributed by atoms with Crippen molar-refractivity contribution in [3.8, 4) is 17.2 Å². The Hall–Kier alpha value is -3.58. The number of amidine groups is 1. The molecule has 4 nitrogen and oxygen atoms in total. The van der Waals surface area contributed by atoms with Crippen LogP contribution in [-0.2, 0) is 0 Å². The third kappa shape index (κ3) is 3.67. The van der Waals surface area contributed by atoms with Gasteiger partial charge in [-0.05, 0) is 66.7 Å². The third-order valence-corrected chi connectivity index (χ3v) is 3.82. The molecular weight excluding hydrogens is 308 g/mol. The molecule has 0 saturated heterocycles. The number of pyridine rings is 1. The fraction of sp³-hybridized carbons (Fsp3) is 0.0476. The van der Waals surface area contributed by atoms with Crippen LogP contribution in [0.4, 0.5) is 5.69 Å². The predicted molar refractivity (Wildman–Crippen MR) is 101 cm³/mol. The fourth-order valence-corrected chi connectivity index (χ4v) is 2.53. The number of aliphatic imine (C=N–C) groups is 2. The second-order valence-corrected chi connectivity index (χ2v) is 5.53. The maximum absolute atomic E-state index is 9.05. The Balaban J connectivity index is 1.98. The van der Waals surface area contributed by atoms with E-state index in [1.165, 1.54) is 0 Å². The van der Waals surface area contributed by atoms with Crippen molar-refractivity contribution in [3.63, 3.8) is 0 Å². The van der Waals surface area contributed by atoms with Gasteiger partial charge in [0, 0.05) is 18.0 Å². The maximum Gasteiger partial charge on any atom is 0.160 e. The summed E-state index contributed by atoms with van der Waals surface area (Å²) in [6.45, 7) is 5.61. The van der Waals surface area contributed by atoms with Gasteiger partial charge in [-0.3, -0.25) is 4.98 Å². The summed E-state index contributed by atoms with van der Waals surface area (Å²) in [7, 11) is 0. The van der Waals surface area contributed by atoms with Gasteiger partial charge in [0.1, 0.15) is 0 Å². The minimum Gasteiger partial charge on any atom is -0.264 e. The molecule has 0 aliphatic rings. The molecule has 0 fully saturated rings. The first-order valence-corrected chi connectivity index (χ1v) is 7.78. The van der Waals surface area contributed by atoms with Gasteiger partial charge in [0.25, 0.3) is 0 Å². The lowest BCUT2D eigenvalue weighted by atomic mass is 10.0. The minimum atomic E-state index is 0.537. The highest BCUT2D eigenvalue weighted by Crippen LogP contribution is 2.27. The van der Waals surface area contributed by atoms with E-state index in [1.54, 1.807) is 18.5 Å². The van der Waals surface area contributed by atoms with Crippen LogP contribution in [-0.4, -0.2) is 17.5 Å². The second-order valence-electron chi connectivity index (χ2n) is 5.53. The summed E-state index contributed by atoms with van der Waals surface area (Å²) in [4.78, 5) is 12.7. The van der Waals surface area contributed by atoms with E-state index in [1.807, 2.05) is 49.4 Å². The Morgan fingerprint density at radius 2 is 1.92 bits per heavy atom. The van der Waals surface area contributed by atoms with Crippen LogP contribution in [0.5, 0.6) is 0 Å². The van der Waals surface area contributed by atoms with Gasteiger partial charge in [0.05, 0.1) is 17.3 Å². The van der Waals surface area contributed by atoms with E-state index in [0.717, 1.165) is 27.9 Å². The van der Waals surface area contributed by atoms with E-state index < -0.39 is 0 Å². The summed E-state index contributed by atoms with van der Waals surface area (Å²) in [5.74, 6) is 0.537. The summed E-state index contributed by atoms with van der Waals surface area (Å²) in [6.07, 6.45) is 3.42. The highest BCUT2D eigenvalue weighted by Gasteiger charge is 2.06. The standard InChI is InChI=1S/C21H16N4/c1-15-11-18(17-6-3-5-16(12-17)13-22)8-9-20(15)25-21(23-2)19-7-4-10-24-14-19/h3-12,14H,2H2,1H3. The van der Waals surface area contributed by atoms with Crippen molar-refractivity contribution >= 4 is 18.2 Å². The molecule has 0 N–H and O–H groups in total. The van der Waals surface area contributed by atoms with Crippen LogP contribution in [0, 0.1) is 18.3 Å². The van der Waals surface area contributed by atoms with E-state index in [0.29, 0.717) is 11.4 Å². The number of rotatable bonds is 3. The first-order chi connectivity index (χ1) is 12.2. The largest absolute Gasteiger partial charge is 0.264 e. The number of benzene rings is 2.